The van der Waals surface area contributed by atoms with Gasteiger partial charge in [-0.05, 0) is 31.4 Å². The molecule has 1 atom stereocenters. The number of rotatable bonds is 5. The summed E-state index contributed by atoms with van der Waals surface area (Å²) in [7, 11) is 0. The fourth-order valence-corrected chi connectivity index (χ4v) is 3.27. The molecule has 2 rings (SSSR count). The Balaban J connectivity index is 2.06. The van der Waals surface area contributed by atoms with Crippen LogP contribution in [0.1, 0.15) is 45.4 Å². The Bertz CT molecular complexity index is 404. The van der Waals surface area contributed by atoms with Gasteiger partial charge in [0.1, 0.15) is 11.6 Å². The highest BCUT2D eigenvalue weighted by Gasteiger charge is 2.22. The van der Waals surface area contributed by atoms with Crippen molar-refractivity contribution in [2.24, 2.45) is 5.92 Å². The van der Waals surface area contributed by atoms with E-state index < -0.39 is 0 Å². The summed E-state index contributed by atoms with van der Waals surface area (Å²) in [5.74, 6) is 2.18. The monoisotopic (exact) mass is 280 g/mol. The number of thioether (sulfide) groups is 1. The third-order valence-corrected chi connectivity index (χ3v) is 4.45. The molecule has 1 aliphatic rings. The van der Waals surface area contributed by atoms with Crippen molar-refractivity contribution in [2.75, 3.05) is 17.3 Å². The van der Waals surface area contributed by atoms with Crippen LogP contribution in [-0.2, 0) is 0 Å². The molecule has 19 heavy (non-hydrogen) atoms. The average Bonchev–Trinajstić information content (AvgIpc) is 2.45. The molecule has 0 radical (unpaired) electrons. The smallest absolute Gasteiger partial charge is 0.191 e. The lowest BCUT2D eigenvalue weighted by Gasteiger charge is -2.30. The third kappa shape index (κ3) is 4.00. The van der Waals surface area contributed by atoms with Crippen LogP contribution in [0.5, 0.6) is 0 Å². The van der Waals surface area contributed by atoms with Crippen molar-refractivity contribution in [1.29, 1.82) is 0 Å². The lowest BCUT2D eigenvalue weighted by atomic mass is 9.83. The van der Waals surface area contributed by atoms with E-state index in [0.29, 0.717) is 11.9 Å². The van der Waals surface area contributed by atoms with Crippen molar-refractivity contribution in [1.82, 2.24) is 9.97 Å². The van der Waals surface area contributed by atoms with E-state index in [0.717, 1.165) is 23.3 Å². The van der Waals surface area contributed by atoms with Gasteiger partial charge >= 0.3 is 0 Å². The van der Waals surface area contributed by atoms with Crippen molar-refractivity contribution in [3.8, 4) is 0 Å². The molecule has 1 fully saturated rings. The number of nitrogen functional groups attached to an aromatic ring is 1. The first-order valence-corrected chi connectivity index (χ1v) is 8.40. The summed E-state index contributed by atoms with van der Waals surface area (Å²) in [5.41, 5.74) is 5.83. The molecular formula is C14H24N4S. The summed E-state index contributed by atoms with van der Waals surface area (Å²) in [4.78, 5) is 8.68. The Kier molecular flexibility index (Phi) is 5.31. The third-order valence-electron chi connectivity index (χ3n) is 3.90. The molecule has 1 aromatic heterocycles. The summed E-state index contributed by atoms with van der Waals surface area (Å²) in [6, 6.07) is 2.34. The van der Waals surface area contributed by atoms with Crippen LogP contribution in [0.4, 0.5) is 11.6 Å². The van der Waals surface area contributed by atoms with Crippen LogP contribution in [0, 0.1) is 5.92 Å². The molecule has 1 heterocycles. The van der Waals surface area contributed by atoms with Gasteiger partial charge in [0.15, 0.2) is 5.16 Å². The summed E-state index contributed by atoms with van der Waals surface area (Å²) in [6.45, 7) is 2.24. The molecule has 0 aliphatic heterocycles. The number of nitrogens with two attached hydrogens (primary N) is 1. The van der Waals surface area contributed by atoms with Crippen LogP contribution in [0.25, 0.3) is 0 Å². The number of hydrogen-bond donors (Lipinski definition) is 2. The Labute approximate surface area is 120 Å². The molecule has 4 nitrogen and oxygen atoms in total. The molecule has 3 N–H and O–H groups in total. The molecule has 0 saturated heterocycles. The summed E-state index contributed by atoms with van der Waals surface area (Å²) in [5, 5.41) is 4.31. The van der Waals surface area contributed by atoms with Gasteiger partial charge < -0.3 is 11.1 Å². The van der Waals surface area contributed by atoms with E-state index in [-0.39, 0.29) is 0 Å². The maximum Gasteiger partial charge on any atom is 0.191 e. The van der Waals surface area contributed by atoms with Gasteiger partial charge in [-0.15, -0.1) is 0 Å². The largest absolute Gasteiger partial charge is 0.383 e. The Hall–Kier alpha value is -0.970. The maximum absolute atomic E-state index is 5.83. The number of nitrogens with zero attached hydrogens (tertiary/aromatic N) is 2. The van der Waals surface area contributed by atoms with Crippen molar-refractivity contribution in [2.45, 2.75) is 56.6 Å². The van der Waals surface area contributed by atoms with E-state index in [1.54, 1.807) is 0 Å². The van der Waals surface area contributed by atoms with Gasteiger partial charge in [0, 0.05) is 12.1 Å². The fraction of sp³-hybridized carbons (Fsp3) is 0.714. The second-order valence-corrected chi connectivity index (χ2v) is 6.00. The first-order valence-electron chi connectivity index (χ1n) is 7.18. The SMILES string of the molecule is CCC(Nc1cc(N)nc(SC)n1)C1CCCCC1. The number of nitrogens with one attached hydrogen (secondary N) is 1. The standard InChI is InChI=1S/C14H24N4S/c1-3-11(10-7-5-4-6-8-10)16-13-9-12(15)17-14(18-13)19-2/h9-11H,3-8H2,1-2H3,(H3,15,16,17,18). The van der Waals surface area contributed by atoms with E-state index in [4.69, 9.17) is 5.73 Å². The number of anilines is 2. The van der Waals surface area contributed by atoms with E-state index in [9.17, 15) is 0 Å². The summed E-state index contributed by atoms with van der Waals surface area (Å²) >= 11 is 1.53. The van der Waals surface area contributed by atoms with E-state index in [1.807, 2.05) is 12.3 Å². The Morgan fingerprint density at radius 2 is 2.11 bits per heavy atom. The fourth-order valence-electron chi connectivity index (χ4n) is 2.89. The number of hydrogen-bond acceptors (Lipinski definition) is 5. The van der Waals surface area contributed by atoms with Gasteiger partial charge in [-0.3, -0.25) is 0 Å². The minimum atomic E-state index is 0.504. The molecular weight excluding hydrogens is 256 g/mol. The molecule has 1 aliphatic carbocycles. The number of aromatic nitrogens is 2. The van der Waals surface area contributed by atoms with Crippen LogP contribution in [0.15, 0.2) is 11.2 Å². The van der Waals surface area contributed by atoms with Gasteiger partial charge in [0.05, 0.1) is 0 Å². The Morgan fingerprint density at radius 3 is 2.74 bits per heavy atom. The zero-order chi connectivity index (χ0) is 13.7. The van der Waals surface area contributed by atoms with Crippen LogP contribution < -0.4 is 11.1 Å². The lowest BCUT2D eigenvalue weighted by Crippen LogP contribution is -2.30. The minimum absolute atomic E-state index is 0.504. The minimum Gasteiger partial charge on any atom is -0.383 e. The van der Waals surface area contributed by atoms with Crippen molar-refractivity contribution < 1.29 is 0 Å². The topological polar surface area (TPSA) is 63.8 Å². The van der Waals surface area contributed by atoms with Gasteiger partial charge in [-0.25, -0.2) is 9.97 Å². The molecule has 0 amide bonds. The predicted molar refractivity (Wildman–Crippen MR) is 82.5 cm³/mol. The van der Waals surface area contributed by atoms with E-state index in [1.165, 1.54) is 43.9 Å². The van der Waals surface area contributed by atoms with Crippen LogP contribution in [0.2, 0.25) is 0 Å². The van der Waals surface area contributed by atoms with Gasteiger partial charge in [-0.2, -0.15) is 0 Å². The maximum atomic E-state index is 5.83. The van der Waals surface area contributed by atoms with E-state index in [2.05, 4.69) is 22.2 Å². The highest BCUT2D eigenvalue weighted by atomic mass is 32.2. The highest BCUT2D eigenvalue weighted by molar-refractivity contribution is 7.98. The molecule has 0 spiro atoms. The van der Waals surface area contributed by atoms with Crippen molar-refractivity contribution >= 4 is 23.4 Å². The van der Waals surface area contributed by atoms with Crippen LogP contribution in [-0.4, -0.2) is 22.3 Å². The summed E-state index contributed by atoms with van der Waals surface area (Å²) in [6.07, 6.45) is 9.89. The quantitative estimate of drug-likeness (QED) is 0.638. The lowest BCUT2D eigenvalue weighted by molar-refractivity contribution is 0.312. The zero-order valence-electron chi connectivity index (χ0n) is 11.9. The summed E-state index contributed by atoms with van der Waals surface area (Å²) < 4.78 is 0. The van der Waals surface area contributed by atoms with Gasteiger partial charge in [0.25, 0.3) is 0 Å². The molecule has 1 saturated carbocycles. The molecule has 5 heteroatoms. The second-order valence-electron chi connectivity index (χ2n) is 5.22. The average molecular weight is 280 g/mol. The van der Waals surface area contributed by atoms with Crippen molar-refractivity contribution in [3.05, 3.63) is 6.07 Å². The first kappa shape index (κ1) is 14.4. The predicted octanol–water partition coefficient (Wildman–Crippen LogP) is 3.55. The van der Waals surface area contributed by atoms with Gasteiger partial charge in [0.2, 0.25) is 0 Å². The zero-order valence-corrected chi connectivity index (χ0v) is 12.7. The molecule has 0 aromatic carbocycles. The second kappa shape index (κ2) is 6.98. The molecule has 106 valence electrons. The highest BCUT2D eigenvalue weighted by Crippen LogP contribution is 2.29. The molecule has 0 bridgehead atoms. The van der Waals surface area contributed by atoms with Crippen molar-refractivity contribution in [3.63, 3.8) is 0 Å². The van der Waals surface area contributed by atoms with E-state index >= 15 is 0 Å². The van der Waals surface area contributed by atoms with Crippen LogP contribution >= 0.6 is 11.8 Å². The Morgan fingerprint density at radius 1 is 1.37 bits per heavy atom. The molecule has 1 unspecified atom stereocenters. The van der Waals surface area contributed by atoms with Gasteiger partial charge in [-0.1, -0.05) is 37.9 Å². The first-order chi connectivity index (χ1) is 9.22. The van der Waals surface area contributed by atoms with Crippen LogP contribution in [0.3, 0.4) is 0 Å². The normalized spacial score (nSPS) is 18.2. The molecule has 1 aromatic rings.